The summed E-state index contributed by atoms with van der Waals surface area (Å²) in [6.45, 7) is 1.53. The lowest BCUT2D eigenvalue weighted by Crippen LogP contribution is -2.23. The standard InChI is InChI=1S/C16H16N4O3S/c1-12(21)19-14-5-7-15(8-6-14)24(22,23)18-11-13-10-17-20-9-3-2-4-16(13)20/h2-10,18H,11H2,1H3,(H,19,21). The highest BCUT2D eigenvalue weighted by Gasteiger charge is 2.15. The first kappa shape index (κ1) is 16.2. The van der Waals surface area contributed by atoms with Crippen molar-refractivity contribution < 1.29 is 13.2 Å². The van der Waals surface area contributed by atoms with Crippen LogP contribution in [0.1, 0.15) is 12.5 Å². The number of aromatic nitrogens is 2. The van der Waals surface area contributed by atoms with E-state index in [9.17, 15) is 13.2 Å². The van der Waals surface area contributed by atoms with Crippen LogP contribution in [0.25, 0.3) is 5.52 Å². The number of sulfonamides is 1. The number of benzene rings is 1. The maximum absolute atomic E-state index is 12.4. The lowest BCUT2D eigenvalue weighted by Gasteiger charge is -2.07. The van der Waals surface area contributed by atoms with Crippen molar-refractivity contribution in [3.8, 4) is 0 Å². The fourth-order valence-corrected chi connectivity index (χ4v) is 3.31. The Labute approximate surface area is 139 Å². The summed E-state index contributed by atoms with van der Waals surface area (Å²) in [5.41, 5.74) is 2.18. The second kappa shape index (κ2) is 6.42. The molecule has 3 rings (SSSR count). The van der Waals surface area contributed by atoms with E-state index in [1.165, 1.54) is 19.1 Å². The van der Waals surface area contributed by atoms with Crippen molar-refractivity contribution >= 4 is 27.1 Å². The van der Waals surface area contributed by atoms with Gasteiger partial charge in [-0.3, -0.25) is 4.79 Å². The van der Waals surface area contributed by atoms with E-state index in [0.717, 1.165) is 11.1 Å². The molecule has 7 nitrogen and oxygen atoms in total. The van der Waals surface area contributed by atoms with Crippen LogP contribution < -0.4 is 10.0 Å². The molecule has 1 amide bonds. The molecule has 3 aromatic rings. The summed E-state index contributed by atoms with van der Waals surface area (Å²) in [7, 11) is -3.65. The fraction of sp³-hybridized carbons (Fsp3) is 0.125. The van der Waals surface area contributed by atoms with Crippen LogP contribution in [-0.2, 0) is 21.4 Å². The zero-order valence-corrected chi connectivity index (χ0v) is 13.7. The molecule has 0 unspecified atom stereocenters. The third kappa shape index (κ3) is 3.44. The number of carbonyl (C=O) groups excluding carboxylic acids is 1. The molecule has 1 aromatic carbocycles. The van der Waals surface area contributed by atoms with Crippen LogP contribution in [0, 0.1) is 0 Å². The van der Waals surface area contributed by atoms with Gasteiger partial charge in [0.1, 0.15) is 0 Å². The fourth-order valence-electron chi connectivity index (χ4n) is 2.30. The van der Waals surface area contributed by atoms with Crippen LogP contribution >= 0.6 is 0 Å². The highest BCUT2D eigenvalue weighted by atomic mass is 32.2. The van der Waals surface area contributed by atoms with Gasteiger partial charge in [0, 0.05) is 30.9 Å². The minimum atomic E-state index is -3.65. The van der Waals surface area contributed by atoms with Crippen LogP contribution in [-0.4, -0.2) is 23.9 Å². The Bertz CT molecular complexity index is 978. The molecular weight excluding hydrogens is 328 g/mol. The van der Waals surface area contributed by atoms with E-state index in [2.05, 4.69) is 15.1 Å². The number of carbonyl (C=O) groups is 1. The van der Waals surface area contributed by atoms with Gasteiger partial charge in [0.25, 0.3) is 0 Å². The SMILES string of the molecule is CC(=O)Nc1ccc(S(=O)(=O)NCc2cnn3ccccc23)cc1. The molecule has 0 radical (unpaired) electrons. The molecule has 0 aliphatic carbocycles. The van der Waals surface area contributed by atoms with Crippen LogP contribution in [0.4, 0.5) is 5.69 Å². The van der Waals surface area contributed by atoms with Gasteiger partial charge >= 0.3 is 0 Å². The average Bonchev–Trinajstić information content (AvgIpc) is 2.96. The number of nitrogens with zero attached hydrogens (tertiary/aromatic N) is 2. The molecule has 124 valence electrons. The smallest absolute Gasteiger partial charge is 0.240 e. The van der Waals surface area contributed by atoms with Crippen molar-refractivity contribution in [2.24, 2.45) is 0 Å². The molecule has 2 aromatic heterocycles. The summed E-state index contributed by atoms with van der Waals surface area (Å²) >= 11 is 0. The predicted molar refractivity (Wildman–Crippen MR) is 90.0 cm³/mol. The highest BCUT2D eigenvalue weighted by Crippen LogP contribution is 2.15. The van der Waals surface area contributed by atoms with Gasteiger partial charge in [-0.15, -0.1) is 0 Å². The Morgan fingerprint density at radius 3 is 2.62 bits per heavy atom. The summed E-state index contributed by atoms with van der Waals surface area (Å²) in [4.78, 5) is 11.1. The van der Waals surface area contributed by atoms with E-state index in [-0.39, 0.29) is 17.3 Å². The highest BCUT2D eigenvalue weighted by molar-refractivity contribution is 7.89. The van der Waals surface area contributed by atoms with Crippen LogP contribution in [0.3, 0.4) is 0 Å². The number of pyridine rings is 1. The van der Waals surface area contributed by atoms with Gasteiger partial charge < -0.3 is 5.32 Å². The van der Waals surface area contributed by atoms with Crippen molar-refractivity contribution in [1.82, 2.24) is 14.3 Å². The molecule has 24 heavy (non-hydrogen) atoms. The average molecular weight is 344 g/mol. The van der Waals surface area contributed by atoms with Gasteiger partial charge in [0.15, 0.2) is 0 Å². The topological polar surface area (TPSA) is 92.6 Å². The predicted octanol–water partition coefficient (Wildman–Crippen LogP) is 1.77. The third-order valence-electron chi connectivity index (χ3n) is 3.44. The van der Waals surface area contributed by atoms with Crippen molar-refractivity contribution in [3.63, 3.8) is 0 Å². The molecule has 2 N–H and O–H groups in total. The van der Waals surface area contributed by atoms with Gasteiger partial charge in [-0.1, -0.05) is 6.07 Å². The maximum atomic E-state index is 12.4. The van der Waals surface area contributed by atoms with Gasteiger partial charge in [-0.05, 0) is 36.4 Å². The molecule has 0 bridgehead atoms. The van der Waals surface area contributed by atoms with Crippen LogP contribution in [0.15, 0.2) is 59.8 Å². The van der Waals surface area contributed by atoms with Crippen molar-refractivity contribution in [2.75, 3.05) is 5.32 Å². The molecule has 0 spiro atoms. The zero-order valence-electron chi connectivity index (χ0n) is 12.9. The number of fused-ring (bicyclic) bond motifs is 1. The normalized spacial score (nSPS) is 11.5. The van der Waals surface area contributed by atoms with E-state index in [0.29, 0.717) is 5.69 Å². The van der Waals surface area contributed by atoms with Crippen LogP contribution in [0.2, 0.25) is 0 Å². The van der Waals surface area contributed by atoms with Gasteiger partial charge in [0.2, 0.25) is 15.9 Å². The molecule has 0 aliphatic rings. The zero-order chi connectivity index (χ0) is 17.2. The Morgan fingerprint density at radius 2 is 1.92 bits per heavy atom. The molecular formula is C16H16N4O3S. The minimum Gasteiger partial charge on any atom is -0.326 e. The van der Waals surface area contributed by atoms with E-state index in [1.807, 2.05) is 18.2 Å². The van der Waals surface area contributed by atoms with E-state index < -0.39 is 10.0 Å². The van der Waals surface area contributed by atoms with Crippen LogP contribution in [0.5, 0.6) is 0 Å². The van der Waals surface area contributed by atoms with E-state index >= 15 is 0 Å². The summed E-state index contributed by atoms with van der Waals surface area (Å²) in [5, 5.41) is 6.77. The molecule has 0 aliphatic heterocycles. The van der Waals surface area contributed by atoms with Crippen molar-refractivity contribution in [3.05, 3.63) is 60.4 Å². The minimum absolute atomic E-state index is 0.132. The van der Waals surface area contributed by atoms with E-state index in [1.54, 1.807) is 29.0 Å². The Morgan fingerprint density at radius 1 is 1.17 bits per heavy atom. The molecule has 0 saturated heterocycles. The summed E-state index contributed by atoms with van der Waals surface area (Å²) < 4.78 is 29.0. The number of hydrogen-bond acceptors (Lipinski definition) is 4. The Kier molecular flexibility index (Phi) is 4.32. The lowest BCUT2D eigenvalue weighted by molar-refractivity contribution is -0.114. The number of rotatable bonds is 5. The molecule has 0 saturated carbocycles. The third-order valence-corrected chi connectivity index (χ3v) is 4.86. The largest absolute Gasteiger partial charge is 0.326 e. The second-order valence-corrected chi connectivity index (χ2v) is 7.00. The van der Waals surface area contributed by atoms with Gasteiger partial charge in [-0.2, -0.15) is 5.10 Å². The first-order chi connectivity index (χ1) is 11.5. The number of anilines is 1. The molecule has 0 atom stereocenters. The first-order valence-electron chi connectivity index (χ1n) is 7.24. The Hall–Kier alpha value is -2.71. The molecule has 8 heteroatoms. The van der Waals surface area contributed by atoms with Gasteiger partial charge in [-0.25, -0.2) is 17.7 Å². The Balaban J connectivity index is 1.75. The van der Waals surface area contributed by atoms with Crippen molar-refractivity contribution in [2.45, 2.75) is 18.4 Å². The lowest BCUT2D eigenvalue weighted by atomic mass is 10.3. The maximum Gasteiger partial charge on any atom is 0.240 e. The van der Waals surface area contributed by atoms with E-state index in [4.69, 9.17) is 0 Å². The summed E-state index contributed by atoms with van der Waals surface area (Å²) in [6, 6.07) is 11.6. The monoisotopic (exact) mass is 344 g/mol. The second-order valence-electron chi connectivity index (χ2n) is 5.23. The number of nitrogens with one attached hydrogen (secondary N) is 2. The number of amides is 1. The first-order valence-corrected chi connectivity index (χ1v) is 8.72. The van der Waals surface area contributed by atoms with Crippen molar-refractivity contribution in [1.29, 1.82) is 0 Å². The summed E-state index contributed by atoms with van der Waals surface area (Å²) in [5.74, 6) is -0.211. The molecule has 0 fully saturated rings. The summed E-state index contributed by atoms with van der Waals surface area (Å²) in [6.07, 6.45) is 3.44. The number of hydrogen-bond donors (Lipinski definition) is 2. The molecule has 2 heterocycles. The van der Waals surface area contributed by atoms with Gasteiger partial charge in [0.05, 0.1) is 16.6 Å². The quantitative estimate of drug-likeness (QED) is 0.738.